The molecule has 0 radical (unpaired) electrons. The van der Waals surface area contributed by atoms with E-state index in [4.69, 9.17) is 5.11 Å². The van der Waals surface area contributed by atoms with Crippen LogP contribution in [0.15, 0.2) is 42.5 Å². The average molecular weight is 353 g/mol. The first-order chi connectivity index (χ1) is 11.7. The van der Waals surface area contributed by atoms with E-state index >= 15 is 0 Å². The van der Waals surface area contributed by atoms with Crippen molar-refractivity contribution in [3.63, 3.8) is 0 Å². The number of pyridine rings is 1. The van der Waals surface area contributed by atoms with Crippen molar-refractivity contribution in [3.05, 3.63) is 65.4 Å². The third-order valence-electron chi connectivity index (χ3n) is 3.57. The van der Waals surface area contributed by atoms with Gasteiger partial charge in [0.05, 0.1) is 11.1 Å². The maximum absolute atomic E-state index is 14.1. The Kier molecular flexibility index (Phi) is 3.90. The second kappa shape index (κ2) is 5.80. The van der Waals surface area contributed by atoms with E-state index in [2.05, 4.69) is 4.98 Å². The molecule has 0 saturated heterocycles. The summed E-state index contributed by atoms with van der Waals surface area (Å²) in [4.78, 5) is 14.6. The van der Waals surface area contributed by atoms with Crippen LogP contribution in [0.5, 0.6) is 0 Å². The van der Waals surface area contributed by atoms with Crippen LogP contribution in [0, 0.1) is 11.6 Å². The zero-order chi connectivity index (χ0) is 18.4. The number of fused-ring (bicyclic) bond motifs is 1. The van der Waals surface area contributed by atoms with Gasteiger partial charge in [0.25, 0.3) is 0 Å². The highest BCUT2D eigenvalue weighted by Gasteiger charge is 2.33. The zero-order valence-electron chi connectivity index (χ0n) is 12.2. The fourth-order valence-electron chi connectivity index (χ4n) is 2.43. The van der Waals surface area contributed by atoms with Crippen molar-refractivity contribution in [1.82, 2.24) is 4.98 Å². The van der Waals surface area contributed by atoms with Crippen molar-refractivity contribution in [2.45, 2.75) is 6.18 Å². The maximum atomic E-state index is 14.1. The van der Waals surface area contributed by atoms with E-state index in [1.165, 1.54) is 0 Å². The van der Waals surface area contributed by atoms with Crippen molar-refractivity contribution in [1.29, 1.82) is 0 Å². The third-order valence-corrected chi connectivity index (χ3v) is 3.57. The summed E-state index contributed by atoms with van der Waals surface area (Å²) in [6.45, 7) is 0. The molecule has 0 aliphatic rings. The summed E-state index contributed by atoms with van der Waals surface area (Å²) < 4.78 is 66.4. The topological polar surface area (TPSA) is 50.2 Å². The van der Waals surface area contributed by atoms with Crippen LogP contribution in [0.1, 0.15) is 16.1 Å². The van der Waals surface area contributed by atoms with E-state index in [1.807, 2.05) is 0 Å². The monoisotopic (exact) mass is 353 g/mol. The summed E-state index contributed by atoms with van der Waals surface area (Å²) >= 11 is 0. The Balaban J connectivity index is 2.39. The molecule has 0 amide bonds. The molecule has 3 rings (SSSR count). The second-order valence-corrected chi connectivity index (χ2v) is 5.21. The number of rotatable bonds is 2. The fourth-order valence-corrected chi connectivity index (χ4v) is 2.43. The predicted octanol–water partition coefficient (Wildman–Crippen LogP) is 4.90. The Bertz CT molecular complexity index is 998. The lowest BCUT2D eigenvalue weighted by molar-refractivity contribution is -0.140. The molecule has 0 aliphatic carbocycles. The van der Waals surface area contributed by atoms with E-state index in [0.29, 0.717) is 12.1 Å². The normalized spacial score (nSPS) is 11.7. The van der Waals surface area contributed by atoms with Gasteiger partial charge in [-0.2, -0.15) is 13.2 Å². The first-order valence-electron chi connectivity index (χ1n) is 6.87. The Labute approximate surface area is 137 Å². The van der Waals surface area contributed by atoms with Gasteiger partial charge in [-0.3, -0.25) is 0 Å². The summed E-state index contributed by atoms with van der Waals surface area (Å²) in [5.74, 6) is -3.25. The van der Waals surface area contributed by atoms with Crippen molar-refractivity contribution in [2.24, 2.45) is 0 Å². The lowest BCUT2D eigenvalue weighted by Gasteiger charge is -2.13. The van der Waals surface area contributed by atoms with E-state index < -0.39 is 29.5 Å². The van der Waals surface area contributed by atoms with Crippen LogP contribution in [-0.2, 0) is 6.18 Å². The summed E-state index contributed by atoms with van der Waals surface area (Å²) in [5.41, 5.74) is -2.13. The van der Waals surface area contributed by atoms with E-state index in [0.717, 1.165) is 30.3 Å². The largest absolute Gasteiger partial charge is 0.478 e. The summed E-state index contributed by atoms with van der Waals surface area (Å²) in [6.07, 6.45) is -4.79. The minimum Gasteiger partial charge on any atom is -0.478 e. The molecule has 0 fully saturated rings. The van der Waals surface area contributed by atoms with Crippen molar-refractivity contribution in [3.8, 4) is 11.1 Å². The first kappa shape index (κ1) is 16.8. The van der Waals surface area contributed by atoms with Gasteiger partial charge in [0, 0.05) is 17.0 Å². The Morgan fingerprint density at radius 1 is 0.960 bits per heavy atom. The number of benzene rings is 2. The number of carboxylic acid groups (broad SMARTS) is 1. The highest BCUT2D eigenvalue weighted by Crippen LogP contribution is 2.36. The molecule has 3 aromatic rings. The number of halogens is 5. The van der Waals surface area contributed by atoms with Gasteiger partial charge in [0.2, 0.25) is 0 Å². The molecule has 2 aromatic carbocycles. The molecule has 1 N–H and O–H groups in total. The van der Waals surface area contributed by atoms with Crippen LogP contribution < -0.4 is 0 Å². The van der Waals surface area contributed by atoms with Gasteiger partial charge in [-0.1, -0.05) is 0 Å². The van der Waals surface area contributed by atoms with Crippen molar-refractivity contribution in [2.75, 3.05) is 0 Å². The molecule has 3 nitrogen and oxygen atoms in total. The number of aromatic nitrogens is 1. The van der Waals surface area contributed by atoms with Crippen LogP contribution in [0.25, 0.3) is 22.0 Å². The smallest absolute Gasteiger partial charge is 0.433 e. The molecule has 0 atom stereocenters. The standard InChI is InChI=1S/C17H8F5NO2/c18-9-2-3-10(13(19)6-9)11-7-15(17(20,21)22)23-14-4-1-8(16(24)25)5-12(11)14/h1-7H,(H,24,25). The Hall–Kier alpha value is -3.03. The molecule has 128 valence electrons. The van der Waals surface area contributed by atoms with Gasteiger partial charge in [-0.25, -0.2) is 18.6 Å². The molecule has 0 bridgehead atoms. The van der Waals surface area contributed by atoms with Gasteiger partial charge < -0.3 is 5.11 Å². The Morgan fingerprint density at radius 3 is 2.28 bits per heavy atom. The average Bonchev–Trinajstić information content (AvgIpc) is 2.52. The molecule has 1 aromatic heterocycles. The predicted molar refractivity (Wildman–Crippen MR) is 79.1 cm³/mol. The number of alkyl halides is 3. The lowest BCUT2D eigenvalue weighted by Crippen LogP contribution is -2.09. The van der Waals surface area contributed by atoms with Crippen molar-refractivity contribution < 1.29 is 31.9 Å². The lowest BCUT2D eigenvalue weighted by atomic mass is 9.98. The van der Waals surface area contributed by atoms with E-state index in [9.17, 15) is 26.7 Å². The fraction of sp³-hybridized carbons (Fsp3) is 0.0588. The molecule has 0 saturated carbocycles. The summed E-state index contributed by atoms with van der Waals surface area (Å²) in [6, 6.07) is 6.36. The molecular weight excluding hydrogens is 345 g/mol. The van der Waals surface area contributed by atoms with Gasteiger partial charge >= 0.3 is 12.1 Å². The molecule has 0 spiro atoms. The quantitative estimate of drug-likeness (QED) is 0.667. The van der Waals surface area contributed by atoms with Gasteiger partial charge in [0.15, 0.2) is 0 Å². The zero-order valence-corrected chi connectivity index (χ0v) is 12.2. The number of carbonyl (C=O) groups is 1. The van der Waals surface area contributed by atoms with E-state index in [1.54, 1.807) is 0 Å². The second-order valence-electron chi connectivity index (χ2n) is 5.21. The number of nitrogens with zero attached hydrogens (tertiary/aromatic N) is 1. The van der Waals surface area contributed by atoms with Crippen LogP contribution in [0.4, 0.5) is 22.0 Å². The number of carboxylic acids is 1. The van der Waals surface area contributed by atoms with Gasteiger partial charge in [0.1, 0.15) is 17.3 Å². The van der Waals surface area contributed by atoms with Gasteiger partial charge in [-0.15, -0.1) is 0 Å². The first-order valence-corrected chi connectivity index (χ1v) is 6.87. The maximum Gasteiger partial charge on any atom is 0.433 e. The Morgan fingerprint density at radius 2 is 1.68 bits per heavy atom. The highest BCUT2D eigenvalue weighted by molar-refractivity contribution is 6.00. The molecule has 0 aliphatic heterocycles. The number of hydrogen-bond acceptors (Lipinski definition) is 2. The van der Waals surface area contributed by atoms with Crippen LogP contribution in [0.2, 0.25) is 0 Å². The van der Waals surface area contributed by atoms with E-state index in [-0.39, 0.29) is 27.6 Å². The minimum absolute atomic E-state index is 0.0124. The van der Waals surface area contributed by atoms with Gasteiger partial charge in [-0.05, 0) is 42.0 Å². The van der Waals surface area contributed by atoms with Crippen molar-refractivity contribution >= 4 is 16.9 Å². The highest BCUT2D eigenvalue weighted by atomic mass is 19.4. The van der Waals surface area contributed by atoms with Crippen LogP contribution in [0.3, 0.4) is 0 Å². The SMILES string of the molecule is O=C(O)c1ccc2nc(C(F)(F)F)cc(-c3ccc(F)cc3F)c2c1. The molecule has 0 unspecified atom stereocenters. The number of hydrogen-bond donors (Lipinski definition) is 1. The minimum atomic E-state index is -4.79. The van der Waals surface area contributed by atoms with Crippen LogP contribution >= 0.6 is 0 Å². The summed E-state index contributed by atoms with van der Waals surface area (Å²) in [5, 5.41) is 9.07. The molecule has 25 heavy (non-hydrogen) atoms. The third kappa shape index (κ3) is 3.15. The molecule has 8 heteroatoms. The summed E-state index contributed by atoms with van der Waals surface area (Å²) in [7, 11) is 0. The number of aromatic carboxylic acids is 1. The molecular formula is C17H8F5NO2. The van der Waals surface area contributed by atoms with Crippen LogP contribution in [-0.4, -0.2) is 16.1 Å². The molecule has 1 heterocycles.